The lowest BCUT2D eigenvalue weighted by atomic mass is 9.85. The van der Waals surface area contributed by atoms with Crippen LogP contribution in [-0.4, -0.2) is 10.9 Å². The number of hydrogen-bond donors (Lipinski definition) is 1. The molecule has 0 heterocycles. The van der Waals surface area contributed by atoms with Crippen LogP contribution in [0.25, 0.3) is 0 Å². The maximum atomic E-state index is 11.3. The quantitative estimate of drug-likeness (QED) is 0.744. The van der Waals surface area contributed by atoms with Gasteiger partial charge in [-0.1, -0.05) is 32.4 Å². The van der Waals surface area contributed by atoms with Crippen LogP contribution >= 0.6 is 11.6 Å². The SMILES string of the molecule is CC(=O)c1cc(Cl)cc(C(C)(C)C)c1O. The highest BCUT2D eigenvalue weighted by atomic mass is 35.5. The molecule has 0 aliphatic rings. The van der Waals surface area contributed by atoms with Crippen molar-refractivity contribution in [2.24, 2.45) is 0 Å². The summed E-state index contributed by atoms with van der Waals surface area (Å²) in [6, 6.07) is 3.19. The molecule has 1 aromatic rings. The molecule has 15 heavy (non-hydrogen) atoms. The second-order valence-corrected chi connectivity index (χ2v) is 5.09. The molecule has 0 aromatic heterocycles. The van der Waals surface area contributed by atoms with Gasteiger partial charge in [-0.2, -0.15) is 0 Å². The predicted octanol–water partition coefficient (Wildman–Crippen LogP) is 3.55. The lowest BCUT2D eigenvalue weighted by Gasteiger charge is -2.21. The smallest absolute Gasteiger partial charge is 0.163 e. The molecule has 0 atom stereocenters. The highest BCUT2D eigenvalue weighted by Gasteiger charge is 2.22. The van der Waals surface area contributed by atoms with Gasteiger partial charge in [0.05, 0.1) is 5.56 Å². The number of aromatic hydroxyl groups is 1. The lowest BCUT2D eigenvalue weighted by molar-refractivity contribution is 0.101. The number of phenolic OH excluding ortho intramolecular Hbond substituents is 1. The van der Waals surface area contributed by atoms with E-state index in [4.69, 9.17) is 11.6 Å². The zero-order chi connectivity index (χ0) is 11.8. The highest BCUT2D eigenvalue weighted by Crippen LogP contribution is 2.35. The summed E-state index contributed by atoms with van der Waals surface area (Å²) in [4.78, 5) is 11.3. The predicted molar refractivity (Wildman–Crippen MR) is 61.8 cm³/mol. The van der Waals surface area contributed by atoms with E-state index in [1.807, 2.05) is 20.8 Å². The number of benzene rings is 1. The molecule has 0 amide bonds. The number of carbonyl (C=O) groups excluding carboxylic acids is 1. The molecule has 2 nitrogen and oxygen atoms in total. The molecule has 0 bridgehead atoms. The third kappa shape index (κ3) is 2.51. The second kappa shape index (κ2) is 3.86. The van der Waals surface area contributed by atoms with Gasteiger partial charge in [0, 0.05) is 10.6 Å². The van der Waals surface area contributed by atoms with Crippen LogP contribution in [0, 0.1) is 0 Å². The minimum Gasteiger partial charge on any atom is -0.507 e. The van der Waals surface area contributed by atoms with Gasteiger partial charge in [0.15, 0.2) is 5.78 Å². The van der Waals surface area contributed by atoms with E-state index < -0.39 is 0 Å². The molecule has 1 rings (SSSR count). The summed E-state index contributed by atoms with van der Waals surface area (Å²) in [5, 5.41) is 10.4. The van der Waals surface area contributed by atoms with E-state index in [1.165, 1.54) is 13.0 Å². The molecule has 0 saturated carbocycles. The number of hydrogen-bond acceptors (Lipinski definition) is 2. The van der Waals surface area contributed by atoms with E-state index in [2.05, 4.69) is 0 Å². The van der Waals surface area contributed by atoms with Gasteiger partial charge in [-0.05, 0) is 24.5 Å². The van der Waals surface area contributed by atoms with Crippen LogP contribution in [0.5, 0.6) is 5.75 Å². The number of phenols is 1. The van der Waals surface area contributed by atoms with Crippen LogP contribution in [0.3, 0.4) is 0 Å². The summed E-state index contributed by atoms with van der Waals surface area (Å²) < 4.78 is 0. The fourth-order valence-electron chi connectivity index (χ4n) is 1.44. The number of rotatable bonds is 1. The van der Waals surface area contributed by atoms with Gasteiger partial charge >= 0.3 is 0 Å². The van der Waals surface area contributed by atoms with Crippen LogP contribution in [0.2, 0.25) is 5.02 Å². The average molecular weight is 227 g/mol. The summed E-state index contributed by atoms with van der Waals surface area (Å²) in [6.45, 7) is 7.30. The fourth-order valence-corrected chi connectivity index (χ4v) is 1.66. The molecule has 82 valence electrons. The van der Waals surface area contributed by atoms with Gasteiger partial charge in [0.1, 0.15) is 5.75 Å². The number of Topliss-reactive ketones (excluding diaryl/α,β-unsaturated/α-hetero) is 1. The summed E-state index contributed by atoms with van der Waals surface area (Å²) >= 11 is 5.91. The molecule has 1 aromatic carbocycles. The summed E-state index contributed by atoms with van der Waals surface area (Å²) in [5.41, 5.74) is 0.742. The van der Waals surface area contributed by atoms with Gasteiger partial charge in [0.25, 0.3) is 0 Å². The summed E-state index contributed by atoms with van der Waals surface area (Å²) in [5.74, 6) is -0.139. The molecule has 0 spiro atoms. The minimum atomic E-state index is -0.237. The normalized spacial score (nSPS) is 11.5. The summed E-state index contributed by atoms with van der Waals surface area (Å²) in [7, 11) is 0. The van der Waals surface area contributed by atoms with Crippen molar-refractivity contribution in [2.45, 2.75) is 33.1 Å². The molecule has 3 heteroatoms. The van der Waals surface area contributed by atoms with E-state index in [1.54, 1.807) is 6.07 Å². The van der Waals surface area contributed by atoms with Crippen molar-refractivity contribution in [2.75, 3.05) is 0 Å². The van der Waals surface area contributed by atoms with Gasteiger partial charge in [-0.25, -0.2) is 0 Å². The topological polar surface area (TPSA) is 37.3 Å². The first-order valence-corrected chi connectivity index (χ1v) is 5.15. The van der Waals surface area contributed by atoms with E-state index >= 15 is 0 Å². The van der Waals surface area contributed by atoms with Crippen LogP contribution < -0.4 is 0 Å². The van der Waals surface area contributed by atoms with E-state index in [9.17, 15) is 9.90 Å². The average Bonchev–Trinajstić information content (AvgIpc) is 2.06. The van der Waals surface area contributed by atoms with E-state index in [0.717, 1.165) is 0 Å². The van der Waals surface area contributed by atoms with Crippen LogP contribution in [0.1, 0.15) is 43.6 Å². The Hall–Kier alpha value is -1.02. The van der Waals surface area contributed by atoms with Crippen molar-refractivity contribution in [1.82, 2.24) is 0 Å². The van der Waals surface area contributed by atoms with Gasteiger partial charge < -0.3 is 5.11 Å². The Bertz CT molecular complexity index is 403. The molecular formula is C12H15ClO2. The largest absolute Gasteiger partial charge is 0.507 e. The number of carbonyl (C=O) groups is 1. The van der Waals surface area contributed by atoms with Crippen molar-refractivity contribution >= 4 is 17.4 Å². The Labute approximate surface area is 94.9 Å². The van der Waals surface area contributed by atoms with Gasteiger partial charge in [-0.15, -0.1) is 0 Å². The molecule has 0 aliphatic carbocycles. The monoisotopic (exact) mass is 226 g/mol. The van der Waals surface area contributed by atoms with Crippen LogP contribution in [-0.2, 0) is 5.41 Å². The second-order valence-electron chi connectivity index (χ2n) is 4.66. The van der Waals surface area contributed by atoms with Crippen LogP contribution in [0.4, 0.5) is 0 Å². The number of ketones is 1. The molecular weight excluding hydrogens is 212 g/mol. The maximum Gasteiger partial charge on any atom is 0.163 e. The Morgan fingerprint density at radius 3 is 2.27 bits per heavy atom. The van der Waals surface area contributed by atoms with Gasteiger partial charge in [0.2, 0.25) is 0 Å². The van der Waals surface area contributed by atoms with Crippen molar-refractivity contribution in [1.29, 1.82) is 0 Å². The minimum absolute atomic E-state index is 0.0411. The zero-order valence-electron chi connectivity index (χ0n) is 9.39. The van der Waals surface area contributed by atoms with Crippen molar-refractivity contribution < 1.29 is 9.90 Å². The first-order chi connectivity index (χ1) is 6.73. The molecule has 0 aliphatic heterocycles. The summed E-state index contributed by atoms with van der Waals surface area (Å²) in [6.07, 6.45) is 0. The number of halogens is 1. The zero-order valence-corrected chi connectivity index (χ0v) is 10.1. The van der Waals surface area contributed by atoms with E-state index in [0.29, 0.717) is 10.6 Å². The Balaban J connectivity index is 3.49. The first-order valence-electron chi connectivity index (χ1n) is 4.77. The molecule has 1 N–H and O–H groups in total. The van der Waals surface area contributed by atoms with Crippen LogP contribution in [0.15, 0.2) is 12.1 Å². The first kappa shape index (κ1) is 12.1. The Morgan fingerprint density at radius 2 is 1.87 bits per heavy atom. The van der Waals surface area contributed by atoms with E-state index in [-0.39, 0.29) is 22.5 Å². The molecule has 0 unspecified atom stereocenters. The molecule has 0 radical (unpaired) electrons. The third-order valence-electron chi connectivity index (χ3n) is 2.26. The highest BCUT2D eigenvalue weighted by molar-refractivity contribution is 6.31. The van der Waals surface area contributed by atoms with Gasteiger partial charge in [-0.3, -0.25) is 4.79 Å². The lowest BCUT2D eigenvalue weighted by Crippen LogP contribution is -2.12. The maximum absolute atomic E-state index is 11.3. The molecule has 0 fully saturated rings. The van der Waals surface area contributed by atoms with Crippen molar-refractivity contribution in [3.63, 3.8) is 0 Å². The molecule has 0 saturated heterocycles. The standard InChI is InChI=1S/C12H15ClO2/c1-7(14)9-5-8(13)6-10(11(9)15)12(2,3)4/h5-6,15H,1-4H3. The fraction of sp³-hybridized carbons (Fsp3) is 0.417. The third-order valence-corrected chi connectivity index (χ3v) is 2.48. The van der Waals surface area contributed by atoms with Crippen molar-refractivity contribution in [3.05, 3.63) is 28.3 Å². The Kier molecular flexibility index (Phi) is 3.10. The Morgan fingerprint density at radius 1 is 1.33 bits per heavy atom. The van der Waals surface area contributed by atoms with Crippen molar-refractivity contribution in [3.8, 4) is 5.75 Å².